The third kappa shape index (κ3) is 6.44. The molecule has 0 aliphatic heterocycles. The first-order chi connectivity index (χ1) is 13.2. The Hall–Kier alpha value is -2.76. The number of aromatic nitrogens is 2. The summed E-state index contributed by atoms with van der Waals surface area (Å²) >= 11 is 0. The number of nitrogens with zero attached hydrogens (tertiary/aromatic N) is 3. The Labute approximate surface area is 171 Å². The van der Waals surface area contributed by atoms with E-state index in [0.29, 0.717) is 17.8 Å². The maximum absolute atomic E-state index is 11.5. The summed E-state index contributed by atoms with van der Waals surface area (Å²) in [5.74, 6) is 0.296. The third-order valence-corrected chi connectivity index (χ3v) is 4.28. The summed E-state index contributed by atoms with van der Waals surface area (Å²) in [5, 5.41) is 0. The van der Waals surface area contributed by atoms with Crippen LogP contribution in [0.2, 0.25) is 0 Å². The van der Waals surface area contributed by atoms with Crippen LogP contribution in [0.5, 0.6) is 0 Å². The highest BCUT2D eigenvalue weighted by atomic mass is 35.5. The smallest absolute Gasteiger partial charge is 0.341 e. The summed E-state index contributed by atoms with van der Waals surface area (Å²) in [4.78, 5) is 22.5. The molecule has 5 nitrogen and oxygen atoms in total. The molecule has 0 fully saturated rings. The van der Waals surface area contributed by atoms with E-state index in [9.17, 15) is 4.79 Å². The van der Waals surface area contributed by atoms with Crippen LogP contribution in [0.3, 0.4) is 0 Å². The van der Waals surface area contributed by atoms with E-state index in [-0.39, 0.29) is 12.4 Å². The third-order valence-electron chi connectivity index (χ3n) is 4.28. The van der Waals surface area contributed by atoms with E-state index < -0.39 is 5.97 Å². The predicted molar refractivity (Wildman–Crippen MR) is 111 cm³/mol. The minimum Gasteiger partial charge on any atom is -0.465 e. The number of hydrogen-bond acceptors (Lipinski definition) is 5. The molecule has 3 rings (SSSR count). The lowest BCUT2D eigenvalue weighted by atomic mass is 10.1. The molecule has 0 saturated carbocycles. The highest BCUT2D eigenvalue weighted by Crippen LogP contribution is 2.11. The Balaban J connectivity index is 0.00000280. The zero-order valence-electron chi connectivity index (χ0n) is 15.8. The number of ether oxygens (including phenoxy) is 1. The lowest BCUT2D eigenvalue weighted by molar-refractivity contribution is 0.0599. The molecule has 1 heterocycles. The first kappa shape index (κ1) is 21.5. The van der Waals surface area contributed by atoms with E-state index in [2.05, 4.69) is 68.1 Å². The SMILES string of the molecule is COC(=O)c1cnc(CCN(Cc2ccccc2)Cc2ccccc2)nc1.Cl. The molecular formula is C22H24ClN3O2. The molecule has 0 radical (unpaired) electrons. The molecule has 0 aliphatic carbocycles. The summed E-state index contributed by atoms with van der Waals surface area (Å²) in [6, 6.07) is 20.9. The van der Waals surface area contributed by atoms with E-state index in [1.54, 1.807) is 0 Å². The van der Waals surface area contributed by atoms with Crippen molar-refractivity contribution < 1.29 is 9.53 Å². The second-order valence-electron chi connectivity index (χ2n) is 6.31. The number of rotatable bonds is 8. The predicted octanol–water partition coefficient (Wildman–Crippen LogP) is 3.93. The summed E-state index contributed by atoms with van der Waals surface area (Å²) in [6.45, 7) is 2.54. The first-order valence-corrected chi connectivity index (χ1v) is 8.94. The Kier molecular flexibility index (Phi) is 8.59. The average Bonchev–Trinajstić information content (AvgIpc) is 2.73. The number of benzene rings is 2. The van der Waals surface area contributed by atoms with Gasteiger partial charge in [-0.3, -0.25) is 4.90 Å². The van der Waals surface area contributed by atoms with Crippen LogP contribution >= 0.6 is 12.4 Å². The molecule has 0 N–H and O–H groups in total. The number of halogens is 1. The van der Waals surface area contributed by atoms with Gasteiger partial charge in [0.25, 0.3) is 0 Å². The molecule has 28 heavy (non-hydrogen) atoms. The standard InChI is InChI=1S/C22H23N3O2.ClH/c1-27-22(26)20-14-23-21(24-15-20)12-13-25(16-18-8-4-2-5-9-18)17-19-10-6-3-7-11-19;/h2-11,14-15H,12-13,16-17H2,1H3;1H. The van der Waals surface area contributed by atoms with E-state index in [1.165, 1.54) is 30.6 Å². The molecule has 2 aromatic carbocycles. The topological polar surface area (TPSA) is 55.3 Å². The largest absolute Gasteiger partial charge is 0.465 e. The van der Waals surface area contributed by atoms with Gasteiger partial charge in [-0.2, -0.15) is 0 Å². The summed E-state index contributed by atoms with van der Waals surface area (Å²) in [5.41, 5.74) is 2.91. The van der Waals surface area contributed by atoms with Gasteiger partial charge in [0.05, 0.1) is 12.7 Å². The Morgan fingerprint density at radius 2 is 1.39 bits per heavy atom. The normalized spacial score (nSPS) is 10.4. The van der Waals surface area contributed by atoms with Crippen molar-refractivity contribution in [1.29, 1.82) is 0 Å². The summed E-state index contributed by atoms with van der Waals surface area (Å²) in [7, 11) is 1.35. The zero-order chi connectivity index (χ0) is 18.9. The van der Waals surface area contributed by atoms with Crippen LogP contribution in [-0.4, -0.2) is 34.5 Å². The van der Waals surface area contributed by atoms with Gasteiger partial charge in [-0.05, 0) is 11.1 Å². The fourth-order valence-corrected chi connectivity index (χ4v) is 2.86. The Morgan fingerprint density at radius 1 is 0.893 bits per heavy atom. The maximum atomic E-state index is 11.5. The van der Waals surface area contributed by atoms with Crippen molar-refractivity contribution in [3.05, 3.63) is 95.6 Å². The van der Waals surface area contributed by atoms with Crippen LogP contribution < -0.4 is 0 Å². The van der Waals surface area contributed by atoms with Gasteiger partial charge in [0.2, 0.25) is 0 Å². The van der Waals surface area contributed by atoms with Gasteiger partial charge in [-0.25, -0.2) is 14.8 Å². The zero-order valence-corrected chi connectivity index (χ0v) is 16.6. The molecule has 0 atom stereocenters. The molecule has 0 spiro atoms. The fourth-order valence-electron chi connectivity index (χ4n) is 2.86. The second-order valence-corrected chi connectivity index (χ2v) is 6.31. The van der Waals surface area contributed by atoms with Gasteiger partial charge in [-0.15, -0.1) is 12.4 Å². The summed E-state index contributed by atoms with van der Waals surface area (Å²) < 4.78 is 4.68. The monoisotopic (exact) mass is 397 g/mol. The van der Waals surface area contributed by atoms with Gasteiger partial charge in [0.15, 0.2) is 0 Å². The molecule has 0 unspecified atom stereocenters. The van der Waals surface area contributed by atoms with Crippen molar-refractivity contribution in [1.82, 2.24) is 14.9 Å². The first-order valence-electron chi connectivity index (χ1n) is 8.94. The van der Waals surface area contributed by atoms with E-state index >= 15 is 0 Å². The van der Waals surface area contributed by atoms with E-state index in [4.69, 9.17) is 0 Å². The number of esters is 1. The van der Waals surface area contributed by atoms with Gasteiger partial charge in [0, 0.05) is 38.4 Å². The summed E-state index contributed by atoms with van der Waals surface area (Å²) in [6.07, 6.45) is 3.75. The van der Waals surface area contributed by atoms with Crippen molar-refractivity contribution in [2.45, 2.75) is 19.5 Å². The molecular weight excluding hydrogens is 374 g/mol. The van der Waals surface area contributed by atoms with Crippen LogP contribution in [0.1, 0.15) is 27.3 Å². The van der Waals surface area contributed by atoms with Crippen LogP contribution in [0.4, 0.5) is 0 Å². The number of carbonyl (C=O) groups excluding carboxylic acids is 1. The van der Waals surface area contributed by atoms with Crippen molar-refractivity contribution >= 4 is 18.4 Å². The minimum absolute atomic E-state index is 0. The fraction of sp³-hybridized carbons (Fsp3) is 0.227. The molecule has 1 aromatic heterocycles. The number of hydrogen-bond donors (Lipinski definition) is 0. The molecule has 0 aliphatic rings. The minimum atomic E-state index is -0.420. The van der Waals surface area contributed by atoms with Crippen molar-refractivity contribution in [3.8, 4) is 0 Å². The molecule has 146 valence electrons. The Morgan fingerprint density at radius 3 is 1.86 bits per heavy atom. The molecule has 6 heteroatoms. The molecule has 0 amide bonds. The lowest BCUT2D eigenvalue weighted by Crippen LogP contribution is -2.26. The highest BCUT2D eigenvalue weighted by molar-refractivity contribution is 5.88. The molecule has 3 aromatic rings. The second kappa shape index (κ2) is 11.2. The van der Waals surface area contributed by atoms with Gasteiger partial charge in [0.1, 0.15) is 5.82 Å². The number of methoxy groups -OCH3 is 1. The van der Waals surface area contributed by atoms with Crippen LogP contribution in [0.25, 0.3) is 0 Å². The van der Waals surface area contributed by atoms with E-state index in [1.807, 2.05) is 12.1 Å². The molecule has 0 bridgehead atoms. The van der Waals surface area contributed by atoms with Gasteiger partial charge >= 0.3 is 5.97 Å². The molecule has 0 saturated heterocycles. The lowest BCUT2D eigenvalue weighted by Gasteiger charge is -2.22. The van der Waals surface area contributed by atoms with Crippen molar-refractivity contribution in [2.75, 3.05) is 13.7 Å². The quantitative estimate of drug-likeness (QED) is 0.539. The number of carbonyl (C=O) groups is 1. The van der Waals surface area contributed by atoms with Crippen LogP contribution in [0, 0.1) is 0 Å². The van der Waals surface area contributed by atoms with Gasteiger partial charge < -0.3 is 4.74 Å². The van der Waals surface area contributed by atoms with Crippen molar-refractivity contribution in [3.63, 3.8) is 0 Å². The average molecular weight is 398 g/mol. The van der Waals surface area contributed by atoms with Crippen LogP contribution in [0.15, 0.2) is 73.1 Å². The highest BCUT2D eigenvalue weighted by Gasteiger charge is 2.10. The van der Waals surface area contributed by atoms with Crippen LogP contribution in [-0.2, 0) is 24.2 Å². The maximum Gasteiger partial charge on any atom is 0.341 e. The van der Waals surface area contributed by atoms with E-state index in [0.717, 1.165) is 19.6 Å². The Bertz CT molecular complexity index is 801. The van der Waals surface area contributed by atoms with Crippen molar-refractivity contribution in [2.24, 2.45) is 0 Å². The van der Waals surface area contributed by atoms with Gasteiger partial charge in [-0.1, -0.05) is 60.7 Å².